The summed E-state index contributed by atoms with van der Waals surface area (Å²) in [4.78, 5) is 12.2. The van der Waals surface area contributed by atoms with Crippen LogP contribution < -0.4 is 14.8 Å². The molecule has 0 radical (unpaired) electrons. The van der Waals surface area contributed by atoms with Gasteiger partial charge >= 0.3 is 0 Å². The largest absolute Gasteiger partial charge is 0.497 e. The molecular weight excluding hydrogens is 324 g/mol. The molecule has 2 rings (SSSR count). The lowest BCUT2D eigenvalue weighted by atomic mass is 10.2. The van der Waals surface area contributed by atoms with Crippen LogP contribution in [0, 0.1) is 11.6 Å². The molecule has 0 atom stereocenters. The second-order valence-corrected chi connectivity index (χ2v) is 5.49. The maximum Gasteiger partial charge on any atom is 0.234 e. The first-order chi connectivity index (χ1) is 11.0. The lowest BCUT2D eigenvalue weighted by Crippen LogP contribution is -2.14. The Labute approximate surface area is 136 Å². The molecule has 4 nitrogen and oxygen atoms in total. The fourth-order valence-corrected chi connectivity index (χ4v) is 2.54. The van der Waals surface area contributed by atoms with Crippen LogP contribution in [0.2, 0.25) is 0 Å². The molecular formula is C16H15F2NO3S. The number of ether oxygens (including phenoxy) is 2. The number of rotatable bonds is 6. The van der Waals surface area contributed by atoms with Crippen LogP contribution in [0.5, 0.6) is 11.5 Å². The Morgan fingerprint density at radius 1 is 1.13 bits per heavy atom. The van der Waals surface area contributed by atoms with Gasteiger partial charge in [-0.15, -0.1) is 11.8 Å². The molecule has 0 aliphatic rings. The maximum atomic E-state index is 13.5. The van der Waals surface area contributed by atoms with Gasteiger partial charge in [0.25, 0.3) is 0 Å². The van der Waals surface area contributed by atoms with Crippen molar-refractivity contribution in [3.8, 4) is 11.5 Å². The number of halogens is 2. The number of nitrogens with one attached hydrogen (secondary N) is 1. The van der Waals surface area contributed by atoms with E-state index in [1.165, 1.54) is 20.3 Å². The highest BCUT2D eigenvalue weighted by Crippen LogP contribution is 2.29. The molecule has 7 heteroatoms. The number of hydrogen-bond acceptors (Lipinski definition) is 4. The van der Waals surface area contributed by atoms with Crippen molar-refractivity contribution in [2.45, 2.75) is 4.90 Å². The third kappa shape index (κ3) is 4.59. The predicted octanol–water partition coefficient (Wildman–Crippen LogP) is 3.71. The van der Waals surface area contributed by atoms with E-state index in [1.807, 2.05) is 0 Å². The van der Waals surface area contributed by atoms with E-state index in [2.05, 4.69) is 5.32 Å². The molecule has 0 aliphatic heterocycles. The van der Waals surface area contributed by atoms with Gasteiger partial charge in [-0.2, -0.15) is 0 Å². The molecule has 2 aromatic carbocycles. The summed E-state index contributed by atoms with van der Waals surface area (Å²) in [6.45, 7) is 0. The summed E-state index contributed by atoms with van der Waals surface area (Å²) in [7, 11) is 3.01. The van der Waals surface area contributed by atoms with Crippen LogP contribution in [0.15, 0.2) is 41.3 Å². The SMILES string of the molecule is COc1ccc(NC(=O)CSc2ccc(F)cc2F)c(OC)c1. The quantitative estimate of drug-likeness (QED) is 0.815. The standard InChI is InChI=1S/C16H15F2NO3S/c1-21-11-4-5-13(14(8-11)22-2)19-16(20)9-23-15-6-3-10(17)7-12(15)18/h3-8H,9H2,1-2H3,(H,19,20). The summed E-state index contributed by atoms with van der Waals surface area (Å²) in [5, 5.41) is 2.68. The highest BCUT2D eigenvalue weighted by molar-refractivity contribution is 8.00. The Hall–Kier alpha value is -2.28. The van der Waals surface area contributed by atoms with Crippen LogP contribution in [-0.4, -0.2) is 25.9 Å². The molecule has 0 saturated carbocycles. The Kier molecular flexibility index (Phi) is 5.81. The summed E-state index contributed by atoms with van der Waals surface area (Å²) in [5.41, 5.74) is 0.485. The highest BCUT2D eigenvalue weighted by Gasteiger charge is 2.11. The number of anilines is 1. The Morgan fingerprint density at radius 3 is 2.57 bits per heavy atom. The summed E-state index contributed by atoms with van der Waals surface area (Å²) in [6.07, 6.45) is 0. The molecule has 0 heterocycles. The zero-order valence-electron chi connectivity index (χ0n) is 12.6. The van der Waals surface area contributed by atoms with Crippen LogP contribution in [0.1, 0.15) is 0 Å². The minimum Gasteiger partial charge on any atom is -0.497 e. The number of hydrogen-bond donors (Lipinski definition) is 1. The number of methoxy groups -OCH3 is 2. The van der Waals surface area contributed by atoms with Crippen LogP contribution in [0.3, 0.4) is 0 Å². The van der Waals surface area contributed by atoms with Crippen molar-refractivity contribution >= 4 is 23.4 Å². The molecule has 0 saturated heterocycles. The zero-order valence-corrected chi connectivity index (χ0v) is 13.4. The van der Waals surface area contributed by atoms with Gasteiger partial charge in [0.15, 0.2) is 0 Å². The van der Waals surface area contributed by atoms with Gasteiger partial charge in [-0.3, -0.25) is 4.79 Å². The summed E-state index contributed by atoms with van der Waals surface area (Å²) in [5.74, 6) is -0.637. The average Bonchev–Trinajstić information content (AvgIpc) is 2.54. The van der Waals surface area contributed by atoms with Crippen molar-refractivity contribution in [1.29, 1.82) is 0 Å². The fourth-order valence-electron chi connectivity index (χ4n) is 1.82. The fraction of sp³-hybridized carbons (Fsp3) is 0.188. The lowest BCUT2D eigenvalue weighted by Gasteiger charge is -2.11. The summed E-state index contributed by atoms with van der Waals surface area (Å²) >= 11 is 0.985. The minimum absolute atomic E-state index is 0.0161. The van der Waals surface area contributed by atoms with E-state index in [4.69, 9.17) is 9.47 Å². The summed E-state index contributed by atoms with van der Waals surface area (Å²) < 4.78 is 36.6. The van der Waals surface area contributed by atoms with E-state index >= 15 is 0 Å². The van der Waals surface area contributed by atoms with E-state index in [0.717, 1.165) is 23.9 Å². The van der Waals surface area contributed by atoms with Gasteiger partial charge in [-0.1, -0.05) is 0 Å². The van der Waals surface area contributed by atoms with Crippen LogP contribution in [-0.2, 0) is 4.79 Å². The third-order valence-electron chi connectivity index (χ3n) is 2.94. The second kappa shape index (κ2) is 7.82. The first kappa shape index (κ1) is 17.1. The van der Waals surface area contributed by atoms with Crippen LogP contribution >= 0.6 is 11.8 Å². The van der Waals surface area contributed by atoms with E-state index in [1.54, 1.807) is 18.2 Å². The molecule has 122 valence electrons. The smallest absolute Gasteiger partial charge is 0.234 e. The molecule has 0 bridgehead atoms. The monoisotopic (exact) mass is 339 g/mol. The highest BCUT2D eigenvalue weighted by atomic mass is 32.2. The van der Waals surface area contributed by atoms with Gasteiger partial charge in [-0.05, 0) is 24.3 Å². The number of amides is 1. The van der Waals surface area contributed by atoms with Crippen molar-refractivity contribution in [3.63, 3.8) is 0 Å². The number of thioether (sulfide) groups is 1. The van der Waals surface area contributed by atoms with Crippen molar-refractivity contribution in [3.05, 3.63) is 48.0 Å². The Balaban J connectivity index is 1.99. The van der Waals surface area contributed by atoms with Crippen molar-refractivity contribution in [1.82, 2.24) is 0 Å². The summed E-state index contributed by atoms with van der Waals surface area (Å²) in [6, 6.07) is 8.21. The van der Waals surface area contributed by atoms with Crippen molar-refractivity contribution < 1.29 is 23.0 Å². The van der Waals surface area contributed by atoms with Crippen LogP contribution in [0.4, 0.5) is 14.5 Å². The molecule has 2 aromatic rings. The van der Waals surface area contributed by atoms with Gasteiger partial charge < -0.3 is 14.8 Å². The average molecular weight is 339 g/mol. The molecule has 1 N–H and O–H groups in total. The Morgan fingerprint density at radius 2 is 1.91 bits per heavy atom. The van der Waals surface area contributed by atoms with Crippen molar-refractivity contribution in [2.75, 3.05) is 25.3 Å². The predicted molar refractivity (Wildman–Crippen MR) is 85.3 cm³/mol. The van der Waals surface area contributed by atoms with Gasteiger partial charge in [0, 0.05) is 17.0 Å². The molecule has 0 spiro atoms. The lowest BCUT2D eigenvalue weighted by molar-refractivity contribution is -0.113. The van der Waals surface area contributed by atoms with Gasteiger partial charge in [-0.25, -0.2) is 8.78 Å². The molecule has 0 unspecified atom stereocenters. The third-order valence-corrected chi connectivity index (χ3v) is 3.98. The first-order valence-electron chi connectivity index (χ1n) is 6.63. The van der Waals surface area contributed by atoms with E-state index in [9.17, 15) is 13.6 Å². The van der Waals surface area contributed by atoms with Crippen molar-refractivity contribution in [2.24, 2.45) is 0 Å². The Bertz CT molecular complexity index is 710. The normalized spacial score (nSPS) is 10.3. The van der Waals surface area contributed by atoms with E-state index in [0.29, 0.717) is 17.2 Å². The molecule has 0 fully saturated rings. The van der Waals surface area contributed by atoms with Gasteiger partial charge in [0.2, 0.25) is 5.91 Å². The maximum absolute atomic E-state index is 13.5. The molecule has 1 amide bonds. The topological polar surface area (TPSA) is 47.6 Å². The zero-order chi connectivity index (χ0) is 16.8. The van der Waals surface area contributed by atoms with Crippen LogP contribution in [0.25, 0.3) is 0 Å². The van der Waals surface area contributed by atoms with E-state index in [-0.39, 0.29) is 16.6 Å². The van der Waals surface area contributed by atoms with Gasteiger partial charge in [0.1, 0.15) is 23.1 Å². The minimum atomic E-state index is -0.690. The number of carbonyl (C=O) groups is 1. The first-order valence-corrected chi connectivity index (χ1v) is 7.61. The van der Waals surface area contributed by atoms with E-state index < -0.39 is 11.6 Å². The number of carbonyl (C=O) groups excluding carboxylic acids is 1. The van der Waals surface area contributed by atoms with Gasteiger partial charge in [0.05, 0.1) is 25.7 Å². The molecule has 0 aliphatic carbocycles. The molecule has 0 aromatic heterocycles. The molecule has 23 heavy (non-hydrogen) atoms. The number of benzene rings is 2. The second-order valence-electron chi connectivity index (χ2n) is 4.48.